The Morgan fingerprint density at radius 2 is 1.83 bits per heavy atom. The fourth-order valence-corrected chi connectivity index (χ4v) is 3.64. The fourth-order valence-electron chi connectivity index (χ4n) is 3.64. The molecular weight excluding hydrogens is 286 g/mol. The van der Waals surface area contributed by atoms with Crippen molar-refractivity contribution in [1.82, 2.24) is 0 Å². The van der Waals surface area contributed by atoms with E-state index in [9.17, 15) is 9.90 Å². The van der Waals surface area contributed by atoms with E-state index in [4.69, 9.17) is 4.99 Å². The maximum Gasteiger partial charge on any atom is 0.168 e. The lowest BCUT2D eigenvalue weighted by Crippen LogP contribution is -2.36. The summed E-state index contributed by atoms with van der Waals surface area (Å²) in [4.78, 5) is 17.7. The molecule has 0 fully saturated rings. The van der Waals surface area contributed by atoms with Crippen molar-refractivity contribution in [2.75, 3.05) is 0 Å². The van der Waals surface area contributed by atoms with Crippen LogP contribution in [0.1, 0.15) is 58.1 Å². The lowest BCUT2D eigenvalue weighted by atomic mass is 9.73. The number of aliphatic hydroxyl groups excluding tert-OH is 1. The monoisotopic (exact) mass is 311 g/mol. The van der Waals surface area contributed by atoms with Crippen LogP contribution in [0.25, 0.3) is 0 Å². The van der Waals surface area contributed by atoms with E-state index in [0.29, 0.717) is 24.1 Å². The number of benzene rings is 1. The summed E-state index contributed by atoms with van der Waals surface area (Å²) in [7, 11) is 0. The van der Waals surface area contributed by atoms with E-state index in [1.54, 1.807) is 0 Å². The van der Waals surface area contributed by atoms with Gasteiger partial charge >= 0.3 is 0 Å². The van der Waals surface area contributed by atoms with E-state index in [-0.39, 0.29) is 22.5 Å². The SMILES string of the molecule is CC[C@]1(C)Cc2ccccc2C(C2=C(O)CC(C)(C)CC2=O)=N1. The van der Waals surface area contributed by atoms with Gasteiger partial charge in [-0.15, -0.1) is 0 Å². The van der Waals surface area contributed by atoms with E-state index in [2.05, 4.69) is 19.9 Å². The number of allylic oxidation sites excluding steroid dienone is 2. The molecule has 0 spiro atoms. The molecule has 1 heterocycles. The Balaban J connectivity index is 2.18. The zero-order valence-electron chi connectivity index (χ0n) is 14.4. The minimum atomic E-state index is -0.218. The molecule has 0 saturated heterocycles. The molecule has 1 aliphatic heterocycles. The number of Topliss-reactive ketones (excluding diaryl/α,β-unsaturated/α-hetero) is 1. The van der Waals surface area contributed by atoms with E-state index in [1.165, 1.54) is 5.56 Å². The molecule has 1 atom stereocenters. The highest BCUT2D eigenvalue weighted by Gasteiger charge is 2.38. The Bertz CT molecular complexity index is 727. The van der Waals surface area contributed by atoms with Crippen molar-refractivity contribution in [3.8, 4) is 0 Å². The molecule has 122 valence electrons. The summed E-state index contributed by atoms with van der Waals surface area (Å²) in [5.41, 5.74) is 2.93. The Morgan fingerprint density at radius 3 is 2.48 bits per heavy atom. The Hall–Kier alpha value is -1.90. The number of carbonyl (C=O) groups excluding carboxylic acids is 1. The third-order valence-electron chi connectivity index (χ3n) is 5.08. The number of carbonyl (C=O) groups is 1. The second-order valence-electron chi connectivity index (χ2n) is 7.91. The lowest BCUT2D eigenvalue weighted by Gasteiger charge is -2.35. The molecular formula is C20H25NO2. The molecule has 3 heteroatoms. The molecule has 0 unspecified atom stereocenters. The first-order valence-electron chi connectivity index (χ1n) is 8.38. The molecule has 0 aromatic heterocycles. The van der Waals surface area contributed by atoms with Crippen molar-refractivity contribution < 1.29 is 9.90 Å². The van der Waals surface area contributed by atoms with Crippen LogP contribution in [0, 0.1) is 5.41 Å². The van der Waals surface area contributed by atoms with Crippen molar-refractivity contribution in [2.45, 2.75) is 58.9 Å². The number of aliphatic imine (C=N–C) groups is 1. The quantitative estimate of drug-likeness (QED) is 0.880. The van der Waals surface area contributed by atoms with Gasteiger partial charge in [-0.2, -0.15) is 0 Å². The number of fused-ring (bicyclic) bond motifs is 1. The van der Waals surface area contributed by atoms with Crippen LogP contribution in [-0.4, -0.2) is 22.1 Å². The average molecular weight is 311 g/mol. The van der Waals surface area contributed by atoms with E-state index in [0.717, 1.165) is 18.4 Å². The summed E-state index contributed by atoms with van der Waals surface area (Å²) in [6.07, 6.45) is 2.75. The largest absolute Gasteiger partial charge is 0.511 e. The van der Waals surface area contributed by atoms with Crippen molar-refractivity contribution >= 4 is 11.5 Å². The second kappa shape index (κ2) is 5.33. The smallest absolute Gasteiger partial charge is 0.168 e. The predicted octanol–water partition coefficient (Wildman–Crippen LogP) is 4.40. The lowest BCUT2D eigenvalue weighted by molar-refractivity contribution is -0.117. The summed E-state index contributed by atoms with van der Waals surface area (Å²) >= 11 is 0. The summed E-state index contributed by atoms with van der Waals surface area (Å²) in [6, 6.07) is 8.11. The fraction of sp³-hybridized carbons (Fsp3) is 0.500. The van der Waals surface area contributed by atoms with Crippen LogP contribution in [0.15, 0.2) is 40.6 Å². The van der Waals surface area contributed by atoms with Crippen molar-refractivity contribution in [3.63, 3.8) is 0 Å². The molecule has 1 aliphatic carbocycles. The number of rotatable bonds is 2. The normalized spacial score (nSPS) is 26.8. The summed E-state index contributed by atoms with van der Waals surface area (Å²) in [5, 5.41) is 10.6. The second-order valence-corrected chi connectivity index (χ2v) is 7.91. The molecule has 0 bridgehead atoms. The molecule has 23 heavy (non-hydrogen) atoms. The van der Waals surface area contributed by atoms with Gasteiger partial charge in [0.1, 0.15) is 5.76 Å². The van der Waals surface area contributed by atoms with Crippen LogP contribution >= 0.6 is 0 Å². The highest BCUT2D eigenvalue weighted by molar-refractivity contribution is 6.30. The Labute approximate surface area is 138 Å². The maximum atomic E-state index is 12.7. The summed E-state index contributed by atoms with van der Waals surface area (Å²) in [5.74, 6) is 0.202. The molecule has 0 saturated carbocycles. The summed E-state index contributed by atoms with van der Waals surface area (Å²) < 4.78 is 0. The van der Waals surface area contributed by atoms with Gasteiger partial charge in [0, 0.05) is 18.4 Å². The highest BCUT2D eigenvalue weighted by Crippen LogP contribution is 2.39. The van der Waals surface area contributed by atoms with Crippen LogP contribution in [-0.2, 0) is 11.2 Å². The van der Waals surface area contributed by atoms with Crippen LogP contribution < -0.4 is 0 Å². The van der Waals surface area contributed by atoms with Gasteiger partial charge in [0.2, 0.25) is 0 Å². The first kappa shape index (κ1) is 16.0. The zero-order valence-corrected chi connectivity index (χ0v) is 14.4. The molecule has 1 aromatic rings. The van der Waals surface area contributed by atoms with Gasteiger partial charge in [-0.3, -0.25) is 9.79 Å². The minimum Gasteiger partial charge on any atom is -0.511 e. The topological polar surface area (TPSA) is 49.7 Å². The number of aliphatic hydroxyl groups is 1. The van der Waals surface area contributed by atoms with Crippen molar-refractivity contribution in [1.29, 1.82) is 0 Å². The molecule has 0 amide bonds. The first-order valence-corrected chi connectivity index (χ1v) is 8.38. The van der Waals surface area contributed by atoms with Crippen molar-refractivity contribution in [3.05, 3.63) is 46.7 Å². The first-order chi connectivity index (χ1) is 10.7. The molecule has 1 N–H and O–H groups in total. The third-order valence-corrected chi connectivity index (χ3v) is 5.08. The van der Waals surface area contributed by atoms with Crippen molar-refractivity contribution in [2.24, 2.45) is 10.4 Å². The maximum absolute atomic E-state index is 12.7. The molecule has 3 nitrogen and oxygen atoms in total. The van der Waals surface area contributed by atoms with E-state index in [1.807, 2.05) is 32.0 Å². The highest BCUT2D eigenvalue weighted by atomic mass is 16.3. The Morgan fingerprint density at radius 1 is 1.13 bits per heavy atom. The third kappa shape index (κ3) is 2.85. The van der Waals surface area contributed by atoms with E-state index >= 15 is 0 Å². The van der Waals surface area contributed by atoms with Gasteiger partial charge in [-0.1, -0.05) is 45.0 Å². The number of hydrogen-bond donors (Lipinski definition) is 1. The standard InChI is InChI=1S/C20H25NO2/c1-5-20(4)10-13-8-6-7-9-14(13)18(21-20)17-15(22)11-19(2,3)12-16(17)23/h6-9,22H,5,10-12H2,1-4H3/t20-/m1/s1. The summed E-state index contributed by atoms with van der Waals surface area (Å²) in [6.45, 7) is 8.28. The molecule has 0 radical (unpaired) electrons. The van der Waals surface area contributed by atoms with Crippen LogP contribution in [0.3, 0.4) is 0 Å². The predicted molar refractivity (Wildman–Crippen MR) is 93.1 cm³/mol. The number of nitrogens with zero attached hydrogens (tertiary/aromatic N) is 1. The van der Waals surface area contributed by atoms with Gasteiger partial charge in [0.05, 0.1) is 16.8 Å². The number of ketones is 1. The minimum absolute atomic E-state index is 0.00709. The van der Waals surface area contributed by atoms with Crippen LogP contribution in [0.4, 0.5) is 0 Å². The average Bonchev–Trinajstić information content (AvgIpc) is 2.45. The van der Waals surface area contributed by atoms with E-state index < -0.39 is 0 Å². The van der Waals surface area contributed by atoms with Crippen LogP contribution in [0.2, 0.25) is 0 Å². The van der Waals surface area contributed by atoms with Gasteiger partial charge in [0.25, 0.3) is 0 Å². The number of hydrogen-bond acceptors (Lipinski definition) is 3. The molecule has 1 aromatic carbocycles. The Kier molecular flexibility index (Phi) is 3.70. The molecule has 2 aliphatic rings. The van der Waals surface area contributed by atoms with Gasteiger partial charge < -0.3 is 5.11 Å². The van der Waals surface area contributed by atoms with Gasteiger partial charge in [0.15, 0.2) is 5.78 Å². The molecule has 3 rings (SSSR count). The van der Waals surface area contributed by atoms with Gasteiger partial charge in [-0.25, -0.2) is 0 Å². The van der Waals surface area contributed by atoms with Crippen LogP contribution in [0.5, 0.6) is 0 Å². The van der Waals surface area contributed by atoms with Gasteiger partial charge in [-0.05, 0) is 30.7 Å². The zero-order chi connectivity index (χ0) is 16.8.